The zero-order valence-corrected chi connectivity index (χ0v) is 18.4. The van der Waals surface area contributed by atoms with E-state index in [0.29, 0.717) is 41.0 Å². The highest BCUT2D eigenvalue weighted by Crippen LogP contribution is 2.26. The number of fused-ring (bicyclic) bond motifs is 3. The molecule has 1 N–H and O–H groups in total. The average molecular weight is 444 g/mol. The molecule has 3 aromatic carbocycles. The van der Waals surface area contributed by atoms with Crippen molar-refractivity contribution in [3.63, 3.8) is 0 Å². The lowest BCUT2D eigenvalue weighted by Gasteiger charge is -2.17. The first-order valence-corrected chi connectivity index (χ1v) is 11.5. The van der Waals surface area contributed by atoms with E-state index in [2.05, 4.69) is 5.32 Å². The molecule has 0 aliphatic carbocycles. The Morgan fingerprint density at radius 1 is 1.06 bits per heavy atom. The van der Waals surface area contributed by atoms with Gasteiger partial charge in [0.25, 0.3) is 5.56 Å². The third-order valence-corrected chi connectivity index (χ3v) is 6.73. The number of Topliss-reactive ketones (excluding diaryl/α,β-unsaturated/α-hetero) is 1. The third-order valence-electron chi connectivity index (χ3n) is 5.76. The minimum absolute atomic E-state index is 0.000161. The van der Waals surface area contributed by atoms with Gasteiger partial charge in [-0.1, -0.05) is 36.0 Å². The molecule has 2 heterocycles. The molecule has 5 rings (SSSR count). The van der Waals surface area contributed by atoms with Crippen LogP contribution >= 0.6 is 11.8 Å². The minimum atomic E-state index is -0.0947. The van der Waals surface area contributed by atoms with Crippen molar-refractivity contribution in [1.29, 1.82) is 0 Å². The zero-order chi connectivity index (χ0) is 22.2. The third kappa shape index (κ3) is 3.69. The topological polar surface area (TPSA) is 81.1 Å². The smallest absolute Gasteiger partial charge is 0.262 e. The monoisotopic (exact) mass is 443 g/mol. The van der Waals surface area contributed by atoms with Crippen LogP contribution in [0.4, 0.5) is 5.69 Å². The summed E-state index contributed by atoms with van der Waals surface area (Å²) in [6, 6.07) is 17.1. The van der Waals surface area contributed by atoms with Crippen LogP contribution in [0.1, 0.15) is 29.3 Å². The van der Waals surface area contributed by atoms with Crippen molar-refractivity contribution in [2.24, 2.45) is 0 Å². The molecule has 0 fully saturated rings. The van der Waals surface area contributed by atoms with Crippen molar-refractivity contribution < 1.29 is 9.59 Å². The quantitative estimate of drug-likeness (QED) is 0.214. The Labute approximate surface area is 188 Å². The van der Waals surface area contributed by atoms with Crippen molar-refractivity contribution in [1.82, 2.24) is 9.55 Å². The Bertz CT molecular complexity index is 1460. The molecule has 0 unspecified atom stereocenters. The molecular formula is C25H21N3O3S. The second-order valence-electron chi connectivity index (χ2n) is 7.79. The SMILES string of the molecule is CCn1c(SCC(=O)c2ccc3c(c2)CCC(=O)N3)nc2cc3ccccc3cc2c1=O. The van der Waals surface area contributed by atoms with E-state index >= 15 is 0 Å². The molecule has 0 atom stereocenters. The van der Waals surface area contributed by atoms with Crippen LogP contribution in [0.3, 0.4) is 0 Å². The van der Waals surface area contributed by atoms with E-state index in [1.807, 2.05) is 49.4 Å². The second-order valence-corrected chi connectivity index (χ2v) is 8.73. The summed E-state index contributed by atoms with van der Waals surface area (Å²) in [7, 11) is 0. The van der Waals surface area contributed by atoms with Crippen molar-refractivity contribution >= 4 is 50.8 Å². The zero-order valence-electron chi connectivity index (χ0n) is 17.6. The summed E-state index contributed by atoms with van der Waals surface area (Å²) in [5.74, 6) is 0.140. The van der Waals surface area contributed by atoms with E-state index in [0.717, 1.165) is 22.0 Å². The Kier molecular flexibility index (Phi) is 5.27. The largest absolute Gasteiger partial charge is 0.326 e. The van der Waals surface area contributed by atoms with Crippen molar-refractivity contribution in [2.45, 2.75) is 31.5 Å². The normalized spacial score (nSPS) is 13.2. The highest BCUT2D eigenvalue weighted by Gasteiger charge is 2.18. The summed E-state index contributed by atoms with van der Waals surface area (Å²) in [5.41, 5.74) is 2.89. The molecule has 32 heavy (non-hydrogen) atoms. The number of aromatic nitrogens is 2. The number of anilines is 1. The first-order valence-electron chi connectivity index (χ1n) is 10.6. The second kappa shape index (κ2) is 8.24. The fourth-order valence-corrected chi connectivity index (χ4v) is 5.00. The van der Waals surface area contributed by atoms with E-state index in [-0.39, 0.29) is 23.0 Å². The molecular weight excluding hydrogens is 422 g/mol. The summed E-state index contributed by atoms with van der Waals surface area (Å²) in [4.78, 5) is 42.3. The number of carbonyl (C=O) groups is 2. The van der Waals surface area contributed by atoms with Crippen LogP contribution in [0.2, 0.25) is 0 Å². The summed E-state index contributed by atoms with van der Waals surface area (Å²) < 4.78 is 1.62. The molecule has 1 aliphatic heterocycles. The average Bonchev–Trinajstić information content (AvgIpc) is 2.81. The van der Waals surface area contributed by atoms with Crippen LogP contribution in [0.15, 0.2) is 64.5 Å². The van der Waals surface area contributed by atoms with Gasteiger partial charge in [0.1, 0.15) is 0 Å². The number of carbonyl (C=O) groups excluding carboxylic acids is 2. The minimum Gasteiger partial charge on any atom is -0.326 e. The number of aryl methyl sites for hydroxylation is 1. The standard InChI is InChI=1S/C25H21N3O3S/c1-2-28-24(31)19-12-15-5-3-4-6-16(15)13-21(19)27-25(28)32-14-22(29)18-7-9-20-17(11-18)8-10-23(30)26-20/h3-7,9,11-13H,2,8,10,14H2,1H3,(H,26,30). The Morgan fingerprint density at radius 3 is 2.62 bits per heavy atom. The van der Waals surface area contributed by atoms with Crippen LogP contribution in [0.25, 0.3) is 21.7 Å². The highest BCUT2D eigenvalue weighted by molar-refractivity contribution is 7.99. The fourth-order valence-electron chi connectivity index (χ4n) is 4.05. The molecule has 7 heteroatoms. The van der Waals surface area contributed by atoms with Crippen LogP contribution in [0.5, 0.6) is 0 Å². The number of nitrogens with one attached hydrogen (secondary N) is 1. The van der Waals surface area contributed by atoms with E-state index in [4.69, 9.17) is 4.98 Å². The lowest BCUT2D eigenvalue weighted by atomic mass is 9.99. The van der Waals surface area contributed by atoms with E-state index in [1.54, 1.807) is 16.7 Å². The summed E-state index contributed by atoms with van der Waals surface area (Å²) in [6.45, 7) is 2.38. The van der Waals surface area contributed by atoms with Gasteiger partial charge in [0.2, 0.25) is 5.91 Å². The molecule has 1 aliphatic rings. The lowest BCUT2D eigenvalue weighted by Crippen LogP contribution is -2.23. The Hall–Kier alpha value is -3.45. The maximum atomic E-state index is 13.1. The van der Waals surface area contributed by atoms with Crippen LogP contribution in [-0.2, 0) is 17.8 Å². The van der Waals surface area contributed by atoms with Gasteiger partial charge in [0.15, 0.2) is 10.9 Å². The van der Waals surface area contributed by atoms with Gasteiger partial charge in [0.05, 0.1) is 16.7 Å². The van der Waals surface area contributed by atoms with Gasteiger partial charge in [0, 0.05) is 24.2 Å². The van der Waals surface area contributed by atoms with Gasteiger partial charge in [-0.15, -0.1) is 0 Å². The summed E-state index contributed by atoms with van der Waals surface area (Å²) in [6.07, 6.45) is 1.06. The Morgan fingerprint density at radius 2 is 1.84 bits per heavy atom. The number of benzene rings is 3. The molecule has 0 saturated heterocycles. The fraction of sp³-hybridized carbons (Fsp3) is 0.200. The Balaban J connectivity index is 1.44. The predicted octanol–water partition coefficient (Wildman–Crippen LogP) is 4.43. The molecule has 1 aromatic heterocycles. The first-order chi connectivity index (χ1) is 15.5. The summed E-state index contributed by atoms with van der Waals surface area (Å²) >= 11 is 1.28. The lowest BCUT2D eigenvalue weighted by molar-refractivity contribution is -0.116. The number of amides is 1. The molecule has 0 spiro atoms. The summed E-state index contributed by atoms with van der Waals surface area (Å²) in [5, 5.41) is 5.98. The van der Waals surface area contributed by atoms with Crippen molar-refractivity contribution in [2.75, 3.05) is 11.1 Å². The van der Waals surface area contributed by atoms with Crippen molar-refractivity contribution in [3.8, 4) is 0 Å². The van der Waals surface area contributed by atoms with Crippen LogP contribution < -0.4 is 10.9 Å². The number of rotatable bonds is 5. The van der Waals surface area contributed by atoms with Gasteiger partial charge in [-0.2, -0.15) is 0 Å². The number of ketones is 1. The van der Waals surface area contributed by atoms with Gasteiger partial charge in [-0.3, -0.25) is 19.0 Å². The molecule has 0 saturated carbocycles. The predicted molar refractivity (Wildman–Crippen MR) is 128 cm³/mol. The van der Waals surface area contributed by atoms with E-state index in [9.17, 15) is 14.4 Å². The van der Waals surface area contributed by atoms with Gasteiger partial charge < -0.3 is 5.32 Å². The molecule has 0 bridgehead atoms. The van der Waals surface area contributed by atoms with Gasteiger partial charge in [-0.25, -0.2) is 4.98 Å². The molecule has 4 aromatic rings. The molecule has 1 amide bonds. The number of hydrogen-bond acceptors (Lipinski definition) is 5. The van der Waals surface area contributed by atoms with E-state index in [1.165, 1.54) is 11.8 Å². The van der Waals surface area contributed by atoms with Gasteiger partial charge in [-0.05, 0) is 60.0 Å². The molecule has 0 radical (unpaired) electrons. The maximum absolute atomic E-state index is 13.1. The molecule has 160 valence electrons. The first kappa shape index (κ1) is 20.5. The van der Waals surface area contributed by atoms with Gasteiger partial charge >= 0.3 is 0 Å². The highest BCUT2D eigenvalue weighted by atomic mass is 32.2. The van der Waals surface area contributed by atoms with Crippen LogP contribution in [0, 0.1) is 0 Å². The van der Waals surface area contributed by atoms with E-state index < -0.39 is 0 Å². The molecule has 6 nitrogen and oxygen atoms in total. The number of hydrogen-bond donors (Lipinski definition) is 1. The van der Waals surface area contributed by atoms with Crippen LogP contribution in [-0.4, -0.2) is 27.0 Å². The number of nitrogens with zero attached hydrogens (tertiary/aromatic N) is 2. The number of thioether (sulfide) groups is 1. The maximum Gasteiger partial charge on any atom is 0.262 e. The van der Waals surface area contributed by atoms with Crippen molar-refractivity contribution in [3.05, 3.63) is 76.1 Å².